The predicted molar refractivity (Wildman–Crippen MR) is 316 cm³/mol. The van der Waals surface area contributed by atoms with E-state index in [-0.39, 0.29) is 37.5 Å². The standard InChI is InChI=1S/C67H116O6/c1-4-7-10-13-16-19-22-25-26-27-28-29-30-31-32-33-34-35-36-37-38-39-40-43-45-48-51-54-57-60-66(69)72-63-64(73-67(70)61-58-55-52-49-46-42-24-21-18-15-12-9-6-3)62-71-65(68)59-56-53-50-47-44-41-23-20-17-14-11-8-5-2/h8-9,11-12,17-18,20-21,27-28,41-42,44,46,64H,4-7,10,13-16,19,22-26,29-40,43,45,47-63H2,1-3H3/b11-8-,12-9-,20-17-,21-18-,28-27-,44-41-,46-42-. The molecule has 0 amide bonds. The van der Waals surface area contributed by atoms with Gasteiger partial charge in [-0.2, -0.15) is 0 Å². The second-order valence-corrected chi connectivity index (χ2v) is 20.5. The number of carbonyl (C=O) groups is 3. The molecule has 1 unspecified atom stereocenters. The molecule has 0 bridgehead atoms. The summed E-state index contributed by atoms with van der Waals surface area (Å²) in [6.07, 6.45) is 80.5. The summed E-state index contributed by atoms with van der Waals surface area (Å²) in [5.41, 5.74) is 0. The van der Waals surface area contributed by atoms with Crippen LogP contribution in [-0.2, 0) is 28.6 Å². The van der Waals surface area contributed by atoms with Gasteiger partial charge in [0.25, 0.3) is 0 Å². The molecule has 420 valence electrons. The monoisotopic (exact) mass is 1020 g/mol. The Balaban J connectivity index is 4.19. The summed E-state index contributed by atoms with van der Waals surface area (Å²) in [5, 5.41) is 0. The van der Waals surface area contributed by atoms with Crippen molar-refractivity contribution in [1.29, 1.82) is 0 Å². The molecule has 1 atom stereocenters. The highest BCUT2D eigenvalue weighted by Crippen LogP contribution is 2.16. The normalized spacial score (nSPS) is 12.6. The summed E-state index contributed by atoms with van der Waals surface area (Å²) in [5.74, 6) is -0.950. The van der Waals surface area contributed by atoms with E-state index in [4.69, 9.17) is 14.2 Å². The number of carbonyl (C=O) groups excluding carboxylic acids is 3. The second kappa shape index (κ2) is 61.1. The molecule has 0 aliphatic rings. The van der Waals surface area contributed by atoms with Crippen LogP contribution in [-0.4, -0.2) is 37.2 Å². The van der Waals surface area contributed by atoms with E-state index in [9.17, 15) is 14.4 Å². The minimum Gasteiger partial charge on any atom is -0.462 e. The average Bonchev–Trinajstić information content (AvgIpc) is 3.39. The summed E-state index contributed by atoms with van der Waals surface area (Å²) in [6.45, 7) is 6.38. The molecule has 0 aliphatic carbocycles. The first-order valence-electron chi connectivity index (χ1n) is 31.1. The Morgan fingerprint density at radius 2 is 0.534 bits per heavy atom. The molecule has 0 spiro atoms. The zero-order chi connectivity index (χ0) is 52.9. The van der Waals surface area contributed by atoms with Crippen LogP contribution >= 0.6 is 0 Å². The molecule has 6 heteroatoms. The summed E-state index contributed by atoms with van der Waals surface area (Å²) in [7, 11) is 0. The van der Waals surface area contributed by atoms with Gasteiger partial charge in [0.15, 0.2) is 6.10 Å². The molecule has 73 heavy (non-hydrogen) atoms. The van der Waals surface area contributed by atoms with E-state index >= 15 is 0 Å². The zero-order valence-electron chi connectivity index (χ0n) is 48.1. The Kier molecular flexibility index (Phi) is 58.3. The maximum Gasteiger partial charge on any atom is 0.306 e. The smallest absolute Gasteiger partial charge is 0.306 e. The van der Waals surface area contributed by atoms with Gasteiger partial charge in [0.2, 0.25) is 0 Å². The van der Waals surface area contributed by atoms with Crippen molar-refractivity contribution in [1.82, 2.24) is 0 Å². The molecule has 0 saturated carbocycles. The van der Waals surface area contributed by atoms with Crippen molar-refractivity contribution in [2.75, 3.05) is 13.2 Å². The van der Waals surface area contributed by atoms with Crippen LogP contribution in [0.15, 0.2) is 85.1 Å². The van der Waals surface area contributed by atoms with Gasteiger partial charge in [-0.15, -0.1) is 0 Å². The van der Waals surface area contributed by atoms with Crippen LogP contribution in [0.5, 0.6) is 0 Å². The SMILES string of the molecule is CC/C=C\C/C=C\C/C=C\CCCCCC(=O)OCC(COC(=O)CCCCCCCCCCCCCCCCCCC/C=C\CCCCCCCCCC)OC(=O)CCCCC/C=C\C/C=C\C/C=C\CC. The Hall–Kier alpha value is -3.41. The Labute approximate surface area is 452 Å². The van der Waals surface area contributed by atoms with Crippen molar-refractivity contribution in [2.45, 2.75) is 309 Å². The fraction of sp³-hybridized carbons (Fsp3) is 0.746. The Morgan fingerprint density at radius 1 is 0.288 bits per heavy atom. The number of unbranched alkanes of at least 4 members (excludes halogenated alkanes) is 31. The van der Waals surface area contributed by atoms with Crippen molar-refractivity contribution in [3.8, 4) is 0 Å². The molecule has 0 heterocycles. The lowest BCUT2D eigenvalue weighted by Gasteiger charge is -2.18. The van der Waals surface area contributed by atoms with Crippen molar-refractivity contribution in [2.24, 2.45) is 0 Å². The topological polar surface area (TPSA) is 78.9 Å². The molecular weight excluding hydrogens is 901 g/mol. The van der Waals surface area contributed by atoms with Crippen LogP contribution in [0.1, 0.15) is 303 Å². The van der Waals surface area contributed by atoms with Gasteiger partial charge in [-0.1, -0.05) is 260 Å². The minimum absolute atomic E-state index is 0.0965. The van der Waals surface area contributed by atoms with Crippen LogP contribution in [0.25, 0.3) is 0 Å². The summed E-state index contributed by atoms with van der Waals surface area (Å²) in [6, 6.07) is 0. The molecule has 0 radical (unpaired) electrons. The maximum absolute atomic E-state index is 12.8. The summed E-state index contributed by atoms with van der Waals surface area (Å²) in [4.78, 5) is 38.1. The van der Waals surface area contributed by atoms with Crippen LogP contribution in [0.4, 0.5) is 0 Å². The summed E-state index contributed by atoms with van der Waals surface area (Å²) >= 11 is 0. The van der Waals surface area contributed by atoms with Crippen molar-refractivity contribution >= 4 is 17.9 Å². The fourth-order valence-corrected chi connectivity index (χ4v) is 8.76. The van der Waals surface area contributed by atoms with E-state index in [0.29, 0.717) is 12.8 Å². The highest BCUT2D eigenvalue weighted by molar-refractivity contribution is 5.71. The van der Waals surface area contributed by atoms with Gasteiger partial charge >= 0.3 is 17.9 Å². The largest absolute Gasteiger partial charge is 0.462 e. The van der Waals surface area contributed by atoms with E-state index in [1.807, 2.05) is 0 Å². The Bertz CT molecular complexity index is 1400. The number of ether oxygens (including phenoxy) is 3. The fourth-order valence-electron chi connectivity index (χ4n) is 8.76. The number of esters is 3. The van der Waals surface area contributed by atoms with Gasteiger partial charge in [-0.25, -0.2) is 0 Å². The highest BCUT2D eigenvalue weighted by Gasteiger charge is 2.19. The van der Waals surface area contributed by atoms with Gasteiger partial charge in [0.1, 0.15) is 13.2 Å². The van der Waals surface area contributed by atoms with E-state index in [1.54, 1.807) is 0 Å². The van der Waals surface area contributed by atoms with Gasteiger partial charge in [-0.05, 0) is 109 Å². The molecule has 0 N–H and O–H groups in total. The van der Waals surface area contributed by atoms with Gasteiger partial charge < -0.3 is 14.2 Å². The zero-order valence-corrected chi connectivity index (χ0v) is 48.1. The maximum atomic E-state index is 12.8. The first-order valence-corrected chi connectivity index (χ1v) is 31.1. The van der Waals surface area contributed by atoms with Crippen LogP contribution in [0.2, 0.25) is 0 Å². The van der Waals surface area contributed by atoms with E-state index in [0.717, 1.165) is 109 Å². The third-order valence-corrected chi connectivity index (χ3v) is 13.4. The molecule has 6 nitrogen and oxygen atoms in total. The highest BCUT2D eigenvalue weighted by atomic mass is 16.6. The third kappa shape index (κ3) is 59.3. The molecule has 0 aromatic carbocycles. The van der Waals surface area contributed by atoms with Crippen molar-refractivity contribution < 1.29 is 28.6 Å². The van der Waals surface area contributed by atoms with E-state index < -0.39 is 6.10 Å². The lowest BCUT2D eigenvalue weighted by molar-refractivity contribution is -0.167. The molecule has 0 rings (SSSR count). The van der Waals surface area contributed by atoms with Crippen LogP contribution < -0.4 is 0 Å². The number of hydrogen-bond acceptors (Lipinski definition) is 6. The quantitative estimate of drug-likeness (QED) is 0.0261. The molecule has 0 fully saturated rings. The van der Waals surface area contributed by atoms with Crippen molar-refractivity contribution in [3.05, 3.63) is 85.1 Å². The van der Waals surface area contributed by atoms with E-state index in [2.05, 4.69) is 106 Å². The van der Waals surface area contributed by atoms with E-state index in [1.165, 1.54) is 154 Å². The van der Waals surface area contributed by atoms with Crippen LogP contribution in [0, 0.1) is 0 Å². The lowest BCUT2D eigenvalue weighted by Crippen LogP contribution is -2.30. The Morgan fingerprint density at radius 3 is 0.863 bits per heavy atom. The first kappa shape index (κ1) is 69.6. The van der Waals surface area contributed by atoms with Gasteiger partial charge in [-0.3, -0.25) is 14.4 Å². The van der Waals surface area contributed by atoms with Crippen molar-refractivity contribution in [3.63, 3.8) is 0 Å². The minimum atomic E-state index is -0.803. The molecule has 0 aromatic rings. The predicted octanol–water partition coefficient (Wildman–Crippen LogP) is 21.1. The van der Waals surface area contributed by atoms with Crippen LogP contribution in [0.3, 0.4) is 0 Å². The number of rotatable bonds is 56. The second-order valence-electron chi connectivity index (χ2n) is 20.5. The molecule has 0 aromatic heterocycles. The first-order chi connectivity index (χ1) is 36.0. The number of allylic oxidation sites excluding steroid dienone is 14. The third-order valence-electron chi connectivity index (χ3n) is 13.4. The van der Waals surface area contributed by atoms with Gasteiger partial charge in [0, 0.05) is 19.3 Å². The molecule has 0 aliphatic heterocycles. The molecular formula is C67H116O6. The van der Waals surface area contributed by atoms with Gasteiger partial charge in [0.05, 0.1) is 0 Å². The average molecular weight is 1020 g/mol. The molecule has 0 saturated heterocycles. The summed E-state index contributed by atoms with van der Waals surface area (Å²) < 4.78 is 16.8. The lowest BCUT2D eigenvalue weighted by atomic mass is 10.0. The number of hydrogen-bond donors (Lipinski definition) is 0.